The highest BCUT2D eigenvalue weighted by molar-refractivity contribution is 6.00. The van der Waals surface area contributed by atoms with E-state index in [9.17, 15) is 14.4 Å². The van der Waals surface area contributed by atoms with Crippen molar-refractivity contribution < 1.29 is 27.8 Å². The monoisotopic (exact) mass is 566 g/mol. The molecule has 2 aromatic heterocycles. The summed E-state index contributed by atoms with van der Waals surface area (Å²) in [6.45, 7) is -1.26. The summed E-state index contributed by atoms with van der Waals surface area (Å²) < 4.78 is 33.1. The van der Waals surface area contributed by atoms with Gasteiger partial charge in [-0.05, 0) is 57.8 Å². The Morgan fingerprint density at radius 2 is 2.02 bits per heavy atom. The number of anilines is 3. The van der Waals surface area contributed by atoms with E-state index in [4.69, 9.17) is 13.4 Å². The molecule has 1 aliphatic carbocycles. The summed E-state index contributed by atoms with van der Waals surface area (Å²) in [5, 5.41) is 22.1. The van der Waals surface area contributed by atoms with Crippen LogP contribution in [0.1, 0.15) is 57.4 Å². The topological polar surface area (TPSA) is 176 Å². The number of amides is 3. The van der Waals surface area contributed by atoms with Crippen molar-refractivity contribution in [1.82, 2.24) is 35.9 Å². The molecule has 14 heteroatoms. The van der Waals surface area contributed by atoms with E-state index in [-0.39, 0.29) is 46.5 Å². The molecule has 1 saturated heterocycles. The van der Waals surface area contributed by atoms with E-state index in [0.29, 0.717) is 23.8 Å². The summed E-state index contributed by atoms with van der Waals surface area (Å²) >= 11 is 0. The van der Waals surface area contributed by atoms with Gasteiger partial charge in [0, 0.05) is 35.7 Å². The number of para-hydroxylation sites is 1. The summed E-state index contributed by atoms with van der Waals surface area (Å²) in [5.41, 5.74) is 0.396. The number of methoxy groups -OCH3 is 1. The molecule has 5 rings (SSSR count). The number of carbonyl (C=O) groups excluding carboxylic acids is 3. The van der Waals surface area contributed by atoms with Gasteiger partial charge in [-0.3, -0.25) is 14.4 Å². The van der Waals surface area contributed by atoms with Gasteiger partial charge >= 0.3 is 11.8 Å². The van der Waals surface area contributed by atoms with Gasteiger partial charge in [0.2, 0.25) is 11.7 Å². The maximum atomic E-state index is 12.8. The van der Waals surface area contributed by atoms with Crippen molar-refractivity contribution in [2.45, 2.75) is 38.1 Å². The Bertz CT molecular complexity index is 1540. The van der Waals surface area contributed by atoms with Crippen LogP contribution in [0.3, 0.4) is 0 Å². The molecule has 4 N–H and O–H groups in total. The Hall–Kier alpha value is -4.59. The van der Waals surface area contributed by atoms with Crippen LogP contribution in [0.5, 0.6) is 5.75 Å². The van der Waals surface area contributed by atoms with Crippen LogP contribution in [0.2, 0.25) is 0 Å². The van der Waals surface area contributed by atoms with Crippen molar-refractivity contribution in [1.29, 1.82) is 0 Å². The number of nitrogens with zero attached hydrogens (tertiary/aromatic N) is 5. The molecule has 3 aromatic rings. The first-order valence-electron chi connectivity index (χ1n) is 14.8. The molecule has 3 amide bonds. The molecule has 1 unspecified atom stereocenters. The SMILES string of the molecule is [2H]C([2H])([2H])NC(=O)c1nnc(NC(=O)C2CC2)cc1Nc1cccc(-c2noc(C(=O)NCCC3CCCN3C)n2)c1OC. The summed E-state index contributed by atoms with van der Waals surface area (Å²) in [4.78, 5) is 44.3. The van der Waals surface area contributed by atoms with Crippen molar-refractivity contribution in [3.8, 4) is 17.1 Å². The molecule has 1 aromatic carbocycles. The lowest BCUT2D eigenvalue weighted by Gasteiger charge is -2.18. The molecule has 2 aliphatic rings. The van der Waals surface area contributed by atoms with Crippen molar-refractivity contribution in [2.75, 3.05) is 44.9 Å². The van der Waals surface area contributed by atoms with Gasteiger partial charge in [-0.1, -0.05) is 11.2 Å². The third-order valence-electron chi connectivity index (χ3n) is 7.11. The zero-order valence-electron chi connectivity index (χ0n) is 25.7. The van der Waals surface area contributed by atoms with Crippen LogP contribution in [0, 0.1) is 5.92 Å². The van der Waals surface area contributed by atoms with E-state index in [0.717, 1.165) is 38.6 Å². The maximum Gasteiger partial charge on any atom is 0.316 e. The second kappa shape index (κ2) is 12.3. The first kappa shape index (κ1) is 24.2. The Morgan fingerprint density at radius 1 is 1.17 bits per heavy atom. The zero-order chi connectivity index (χ0) is 31.4. The summed E-state index contributed by atoms with van der Waals surface area (Å²) in [6, 6.07) is 6.73. The number of nitrogens with one attached hydrogen (secondary N) is 4. The minimum Gasteiger partial charge on any atom is -0.494 e. The van der Waals surface area contributed by atoms with E-state index in [2.05, 4.69) is 48.2 Å². The van der Waals surface area contributed by atoms with Gasteiger partial charge in [-0.2, -0.15) is 4.98 Å². The average molecular weight is 567 g/mol. The number of ether oxygens (including phenoxy) is 1. The van der Waals surface area contributed by atoms with Crippen LogP contribution in [0.25, 0.3) is 11.4 Å². The van der Waals surface area contributed by atoms with Gasteiger partial charge in [-0.15, -0.1) is 10.2 Å². The van der Waals surface area contributed by atoms with Gasteiger partial charge < -0.3 is 35.4 Å². The molecule has 0 spiro atoms. The van der Waals surface area contributed by atoms with Crippen LogP contribution in [-0.2, 0) is 4.79 Å². The molecule has 1 saturated carbocycles. The smallest absolute Gasteiger partial charge is 0.316 e. The fourth-order valence-electron chi connectivity index (χ4n) is 4.72. The highest BCUT2D eigenvalue weighted by Gasteiger charge is 2.30. The number of hydrogen-bond acceptors (Lipinski definition) is 11. The Labute approximate surface area is 240 Å². The fourth-order valence-corrected chi connectivity index (χ4v) is 4.72. The predicted octanol–water partition coefficient (Wildman–Crippen LogP) is 2.20. The highest BCUT2D eigenvalue weighted by Crippen LogP contribution is 2.37. The summed E-state index contributed by atoms with van der Waals surface area (Å²) in [7, 11) is 3.48. The highest BCUT2D eigenvalue weighted by atomic mass is 16.5. The quantitative estimate of drug-likeness (QED) is 0.268. The maximum absolute atomic E-state index is 12.8. The van der Waals surface area contributed by atoms with E-state index < -0.39 is 18.8 Å². The standard InChI is InChI=1S/C27H33N9O5/c1-28-25(38)21-19(14-20(33-34-21)31-24(37)15-9-10-15)30-18-8-4-7-17(22(18)40-3)23-32-27(41-35-23)26(39)29-12-11-16-6-5-13-36(16)2/h4,7-8,14-16H,5-6,9-13H2,1-3H3,(H,28,38)(H,29,39)(H2,30,31,33,37)/i1D3. The molecular formula is C27H33N9O5. The summed E-state index contributed by atoms with van der Waals surface area (Å²) in [5.74, 6) is -1.68. The lowest BCUT2D eigenvalue weighted by molar-refractivity contribution is -0.117. The van der Waals surface area contributed by atoms with Crippen molar-refractivity contribution >= 4 is 34.9 Å². The minimum atomic E-state index is -2.78. The number of carbonyl (C=O) groups is 3. The van der Waals surface area contributed by atoms with Gasteiger partial charge in [0.25, 0.3) is 5.91 Å². The van der Waals surface area contributed by atoms with Crippen LogP contribution >= 0.6 is 0 Å². The molecular weight excluding hydrogens is 530 g/mol. The van der Waals surface area contributed by atoms with Crippen molar-refractivity contribution in [2.24, 2.45) is 5.92 Å². The largest absolute Gasteiger partial charge is 0.494 e. The van der Waals surface area contributed by atoms with Crippen LogP contribution in [0.4, 0.5) is 17.2 Å². The molecule has 0 bridgehead atoms. The third kappa shape index (κ3) is 6.43. The molecule has 3 heterocycles. The van der Waals surface area contributed by atoms with Crippen LogP contribution in [-0.4, -0.2) is 83.2 Å². The molecule has 2 fully saturated rings. The second-order valence-electron chi connectivity index (χ2n) is 9.97. The van der Waals surface area contributed by atoms with E-state index in [1.165, 1.54) is 13.2 Å². The Kier molecular flexibility index (Phi) is 7.26. The number of likely N-dealkylation sites (tertiary alicyclic amines) is 1. The molecule has 1 aliphatic heterocycles. The van der Waals surface area contributed by atoms with Crippen LogP contribution in [0.15, 0.2) is 28.8 Å². The molecule has 41 heavy (non-hydrogen) atoms. The van der Waals surface area contributed by atoms with Gasteiger partial charge in [0.05, 0.1) is 24.0 Å². The lowest BCUT2D eigenvalue weighted by atomic mass is 10.1. The minimum absolute atomic E-state index is 0.0457. The van der Waals surface area contributed by atoms with Gasteiger partial charge in [0.15, 0.2) is 17.3 Å². The van der Waals surface area contributed by atoms with Crippen molar-refractivity contribution in [3.05, 3.63) is 35.9 Å². The normalized spacial score (nSPS) is 18.1. The Balaban J connectivity index is 1.37. The number of benzene rings is 1. The average Bonchev–Trinajstić information content (AvgIpc) is 3.57. The lowest BCUT2D eigenvalue weighted by Crippen LogP contribution is -2.31. The molecule has 216 valence electrons. The van der Waals surface area contributed by atoms with E-state index in [1.807, 2.05) is 5.32 Å². The van der Waals surface area contributed by atoms with E-state index in [1.54, 1.807) is 18.2 Å². The molecule has 1 atom stereocenters. The van der Waals surface area contributed by atoms with E-state index >= 15 is 0 Å². The number of rotatable bonds is 11. The third-order valence-corrected chi connectivity index (χ3v) is 7.11. The zero-order valence-corrected chi connectivity index (χ0v) is 22.7. The summed E-state index contributed by atoms with van der Waals surface area (Å²) in [6.07, 6.45) is 4.59. The van der Waals surface area contributed by atoms with Gasteiger partial charge in [0.1, 0.15) is 0 Å². The first-order valence-corrected chi connectivity index (χ1v) is 13.3. The first-order chi connectivity index (χ1) is 21.0. The Morgan fingerprint density at radius 3 is 2.76 bits per heavy atom. The van der Waals surface area contributed by atoms with Crippen LogP contribution < -0.4 is 26.0 Å². The molecule has 14 nitrogen and oxygen atoms in total. The van der Waals surface area contributed by atoms with Gasteiger partial charge in [-0.25, -0.2) is 0 Å². The number of hydrogen-bond donors (Lipinski definition) is 4. The van der Waals surface area contributed by atoms with Crippen molar-refractivity contribution in [3.63, 3.8) is 0 Å². The fraction of sp³-hybridized carbons (Fsp3) is 0.444. The number of aromatic nitrogens is 4. The second-order valence-corrected chi connectivity index (χ2v) is 9.97. The predicted molar refractivity (Wildman–Crippen MR) is 149 cm³/mol. The molecule has 0 radical (unpaired) electrons.